The minimum Gasteiger partial charge on any atom is -0.356 e. The Morgan fingerprint density at radius 3 is 2.77 bits per heavy atom. The van der Waals surface area contributed by atoms with Crippen LogP contribution in [0.1, 0.15) is 18.3 Å². The van der Waals surface area contributed by atoms with Crippen LogP contribution in [0, 0.1) is 0 Å². The topological polar surface area (TPSA) is 58.3 Å². The largest absolute Gasteiger partial charge is 0.356 e. The lowest BCUT2D eigenvalue weighted by atomic mass is 10.2. The highest BCUT2D eigenvalue weighted by molar-refractivity contribution is 5.97. The predicted octanol–water partition coefficient (Wildman–Crippen LogP) is 2.80. The summed E-state index contributed by atoms with van der Waals surface area (Å²) in [6, 6.07) is 18.6. The summed E-state index contributed by atoms with van der Waals surface area (Å²) in [5, 5.41) is 11.7. The zero-order valence-electron chi connectivity index (χ0n) is 14.8. The summed E-state index contributed by atoms with van der Waals surface area (Å²) in [7, 11) is 0. The van der Waals surface area contributed by atoms with E-state index in [1.54, 1.807) is 6.33 Å². The monoisotopic (exact) mass is 346 g/mol. The van der Waals surface area contributed by atoms with Gasteiger partial charge in [0.05, 0.1) is 0 Å². The maximum Gasteiger partial charge on any atom is 0.198 e. The number of fused-ring (bicyclic) bond motifs is 1. The first-order valence-electron chi connectivity index (χ1n) is 8.95. The SMILES string of the molecule is CCNC(=NCc1nncn1-c1ccccc1)N1CCc2ccccc21. The van der Waals surface area contributed by atoms with E-state index in [2.05, 4.69) is 51.6 Å². The Morgan fingerprint density at radius 2 is 1.92 bits per heavy atom. The van der Waals surface area contributed by atoms with E-state index in [1.165, 1.54) is 11.3 Å². The molecule has 1 aromatic heterocycles. The number of anilines is 1. The minimum atomic E-state index is 0.468. The molecule has 0 atom stereocenters. The molecule has 6 heteroatoms. The molecule has 2 aromatic carbocycles. The Labute approximate surface area is 153 Å². The van der Waals surface area contributed by atoms with E-state index >= 15 is 0 Å². The van der Waals surface area contributed by atoms with Gasteiger partial charge in [-0.2, -0.15) is 0 Å². The van der Waals surface area contributed by atoms with E-state index in [0.717, 1.165) is 37.0 Å². The smallest absolute Gasteiger partial charge is 0.198 e. The molecule has 0 bridgehead atoms. The number of guanidine groups is 1. The second-order valence-electron chi connectivity index (χ2n) is 6.15. The van der Waals surface area contributed by atoms with Crippen LogP contribution in [-0.2, 0) is 13.0 Å². The summed E-state index contributed by atoms with van der Waals surface area (Å²) in [5.41, 5.74) is 3.64. The van der Waals surface area contributed by atoms with Crippen molar-refractivity contribution in [2.75, 3.05) is 18.0 Å². The van der Waals surface area contributed by atoms with Crippen LogP contribution in [0.25, 0.3) is 5.69 Å². The van der Waals surface area contributed by atoms with Crippen LogP contribution in [-0.4, -0.2) is 33.8 Å². The number of nitrogens with one attached hydrogen (secondary N) is 1. The third-order valence-corrected chi connectivity index (χ3v) is 4.50. The third kappa shape index (κ3) is 3.18. The maximum absolute atomic E-state index is 4.83. The molecule has 132 valence electrons. The van der Waals surface area contributed by atoms with Gasteiger partial charge >= 0.3 is 0 Å². The van der Waals surface area contributed by atoms with Gasteiger partial charge in [0.25, 0.3) is 0 Å². The number of hydrogen-bond acceptors (Lipinski definition) is 3. The highest BCUT2D eigenvalue weighted by atomic mass is 15.3. The number of aromatic nitrogens is 3. The standard InChI is InChI=1S/C20H22N6/c1-2-21-20(25-13-12-16-8-6-7-11-18(16)25)22-14-19-24-23-15-26(19)17-9-4-3-5-10-17/h3-11,15H,2,12-14H2,1H3,(H,21,22). The molecule has 0 radical (unpaired) electrons. The molecule has 1 aliphatic rings. The molecule has 0 unspecified atom stereocenters. The molecular weight excluding hydrogens is 324 g/mol. The third-order valence-electron chi connectivity index (χ3n) is 4.50. The number of hydrogen-bond donors (Lipinski definition) is 1. The van der Waals surface area contributed by atoms with Crippen molar-refractivity contribution >= 4 is 11.6 Å². The van der Waals surface area contributed by atoms with Gasteiger partial charge in [-0.05, 0) is 37.1 Å². The van der Waals surface area contributed by atoms with Crippen molar-refractivity contribution in [2.24, 2.45) is 4.99 Å². The molecule has 1 N–H and O–H groups in total. The van der Waals surface area contributed by atoms with Crippen molar-refractivity contribution in [1.29, 1.82) is 0 Å². The molecule has 26 heavy (non-hydrogen) atoms. The highest BCUT2D eigenvalue weighted by Gasteiger charge is 2.22. The summed E-state index contributed by atoms with van der Waals surface area (Å²) in [5.74, 6) is 1.71. The molecular formula is C20H22N6. The molecule has 0 spiro atoms. The zero-order valence-corrected chi connectivity index (χ0v) is 14.8. The normalized spacial score (nSPS) is 13.7. The van der Waals surface area contributed by atoms with Gasteiger partial charge in [0, 0.05) is 24.5 Å². The van der Waals surface area contributed by atoms with E-state index in [-0.39, 0.29) is 0 Å². The Bertz CT molecular complexity index is 899. The van der Waals surface area contributed by atoms with Crippen molar-refractivity contribution in [3.05, 3.63) is 72.3 Å². The molecule has 0 saturated heterocycles. The first kappa shape index (κ1) is 16.3. The Kier molecular flexibility index (Phi) is 4.64. The molecule has 0 aliphatic carbocycles. The van der Waals surface area contributed by atoms with E-state index in [9.17, 15) is 0 Å². The van der Waals surface area contributed by atoms with Gasteiger partial charge in [-0.1, -0.05) is 36.4 Å². The second-order valence-corrected chi connectivity index (χ2v) is 6.15. The van der Waals surface area contributed by atoms with Gasteiger partial charge in [0.1, 0.15) is 12.9 Å². The van der Waals surface area contributed by atoms with Crippen LogP contribution in [0.3, 0.4) is 0 Å². The van der Waals surface area contributed by atoms with Crippen molar-refractivity contribution in [3.8, 4) is 5.69 Å². The second kappa shape index (κ2) is 7.39. The van der Waals surface area contributed by atoms with Gasteiger partial charge in [0.2, 0.25) is 0 Å². The van der Waals surface area contributed by atoms with Crippen LogP contribution in [0.15, 0.2) is 65.9 Å². The Morgan fingerprint density at radius 1 is 1.12 bits per heavy atom. The van der Waals surface area contributed by atoms with Crippen LogP contribution in [0.4, 0.5) is 5.69 Å². The van der Waals surface area contributed by atoms with Gasteiger partial charge in [-0.25, -0.2) is 4.99 Å². The quantitative estimate of drug-likeness (QED) is 0.583. The molecule has 6 nitrogen and oxygen atoms in total. The zero-order chi connectivity index (χ0) is 17.8. The molecule has 4 rings (SSSR count). The minimum absolute atomic E-state index is 0.468. The lowest BCUT2D eigenvalue weighted by molar-refractivity contribution is 0.830. The molecule has 0 fully saturated rings. The van der Waals surface area contributed by atoms with Crippen molar-refractivity contribution in [1.82, 2.24) is 20.1 Å². The lowest BCUT2D eigenvalue weighted by Gasteiger charge is -2.22. The van der Waals surface area contributed by atoms with Crippen molar-refractivity contribution in [3.63, 3.8) is 0 Å². The van der Waals surface area contributed by atoms with E-state index < -0.39 is 0 Å². The molecule has 0 amide bonds. The van der Waals surface area contributed by atoms with Gasteiger partial charge in [-0.15, -0.1) is 10.2 Å². The van der Waals surface area contributed by atoms with Crippen LogP contribution in [0.2, 0.25) is 0 Å². The molecule has 2 heterocycles. The van der Waals surface area contributed by atoms with Gasteiger partial charge < -0.3 is 10.2 Å². The average molecular weight is 346 g/mol. The molecule has 3 aromatic rings. The first-order valence-corrected chi connectivity index (χ1v) is 8.95. The van der Waals surface area contributed by atoms with E-state index in [4.69, 9.17) is 4.99 Å². The Balaban J connectivity index is 1.60. The summed E-state index contributed by atoms with van der Waals surface area (Å²) < 4.78 is 1.98. The number of nitrogens with zero attached hydrogens (tertiary/aromatic N) is 5. The van der Waals surface area contributed by atoms with Gasteiger partial charge in [-0.3, -0.25) is 4.57 Å². The fourth-order valence-corrected chi connectivity index (χ4v) is 3.27. The number of para-hydroxylation sites is 2. The highest BCUT2D eigenvalue weighted by Crippen LogP contribution is 2.27. The fraction of sp³-hybridized carbons (Fsp3) is 0.250. The molecule has 0 saturated carbocycles. The van der Waals surface area contributed by atoms with Crippen LogP contribution < -0.4 is 10.2 Å². The average Bonchev–Trinajstić information content (AvgIpc) is 3.33. The summed E-state index contributed by atoms with van der Waals surface area (Å²) in [6.45, 7) is 4.32. The van der Waals surface area contributed by atoms with Crippen molar-refractivity contribution < 1.29 is 0 Å². The lowest BCUT2D eigenvalue weighted by Crippen LogP contribution is -2.40. The van der Waals surface area contributed by atoms with Crippen molar-refractivity contribution in [2.45, 2.75) is 19.9 Å². The number of benzene rings is 2. The van der Waals surface area contributed by atoms with E-state index in [1.807, 2.05) is 34.9 Å². The molecule has 1 aliphatic heterocycles. The Hall–Kier alpha value is -3.15. The first-order chi connectivity index (χ1) is 12.9. The van der Waals surface area contributed by atoms with Crippen LogP contribution in [0.5, 0.6) is 0 Å². The number of aliphatic imine (C=N–C) groups is 1. The summed E-state index contributed by atoms with van der Waals surface area (Å²) >= 11 is 0. The summed E-state index contributed by atoms with van der Waals surface area (Å²) in [6.07, 6.45) is 2.78. The van der Waals surface area contributed by atoms with Gasteiger partial charge in [0.15, 0.2) is 11.8 Å². The maximum atomic E-state index is 4.83. The summed E-state index contributed by atoms with van der Waals surface area (Å²) in [4.78, 5) is 7.08. The predicted molar refractivity (Wildman–Crippen MR) is 104 cm³/mol. The number of rotatable bonds is 4. The fourth-order valence-electron chi connectivity index (χ4n) is 3.27. The van der Waals surface area contributed by atoms with Crippen LogP contribution >= 0.6 is 0 Å². The van der Waals surface area contributed by atoms with E-state index in [0.29, 0.717) is 6.54 Å².